The van der Waals surface area contributed by atoms with E-state index >= 15 is 0 Å². The fraction of sp³-hybridized carbons (Fsp3) is 0.625. The molecule has 0 radical (unpaired) electrons. The zero-order valence-corrected chi connectivity index (χ0v) is 12.8. The second-order valence-corrected chi connectivity index (χ2v) is 5.19. The molecule has 0 spiro atoms. The Labute approximate surface area is 121 Å². The molecule has 114 valence electrons. The maximum atomic E-state index is 13.5. The molecule has 1 unspecified atom stereocenters. The summed E-state index contributed by atoms with van der Waals surface area (Å²) < 4.78 is 26.5. The van der Waals surface area contributed by atoms with Gasteiger partial charge in [-0.2, -0.15) is 0 Å². The predicted octanol–water partition coefficient (Wildman–Crippen LogP) is 3.56. The molecule has 0 saturated heterocycles. The molecule has 0 heterocycles. The summed E-state index contributed by atoms with van der Waals surface area (Å²) in [6, 6.07) is 3.88. The van der Waals surface area contributed by atoms with Crippen LogP contribution in [0.5, 0.6) is 0 Å². The molecule has 0 bridgehead atoms. The molecule has 0 amide bonds. The first kappa shape index (κ1) is 17.1. The van der Waals surface area contributed by atoms with E-state index in [1.165, 1.54) is 12.1 Å². The standard InChI is InChI=1S/C16H26F2N2/c1-4-20(5-2)10-6-7-13(3)19-12-14-11-15(17)8-9-16(14)18/h8-9,11,13,19H,4-7,10,12H2,1-3H3. The van der Waals surface area contributed by atoms with Crippen LogP contribution in [0.3, 0.4) is 0 Å². The lowest BCUT2D eigenvalue weighted by molar-refractivity contribution is 0.290. The number of nitrogens with zero attached hydrogens (tertiary/aromatic N) is 1. The van der Waals surface area contributed by atoms with Crippen molar-refractivity contribution >= 4 is 0 Å². The summed E-state index contributed by atoms with van der Waals surface area (Å²) in [5, 5.41) is 3.25. The van der Waals surface area contributed by atoms with Gasteiger partial charge in [-0.3, -0.25) is 0 Å². The Balaban J connectivity index is 2.29. The molecule has 1 rings (SSSR count). The lowest BCUT2D eigenvalue weighted by Crippen LogP contribution is -2.29. The second-order valence-electron chi connectivity index (χ2n) is 5.19. The van der Waals surface area contributed by atoms with Gasteiger partial charge in [0.15, 0.2) is 0 Å². The fourth-order valence-corrected chi connectivity index (χ4v) is 2.23. The number of rotatable bonds is 9. The van der Waals surface area contributed by atoms with Gasteiger partial charge in [0.1, 0.15) is 11.6 Å². The Hall–Kier alpha value is -1.00. The molecule has 1 aromatic rings. The van der Waals surface area contributed by atoms with Crippen molar-refractivity contribution in [2.24, 2.45) is 0 Å². The SMILES string of the molecule is CCN(CC)CCCC(C)NCc1cc(F)ccc1F. The summed E-state index contributed by atoms with van der Waals surface area (Å²) in [6.07, 6.45) is 2.15. The average molecular weight is 284 g/mol. The van der Waals surface area contributed by atoms with E-state index in [1.54, 1.807) is 0 Å². The number of nitrogens with one attached hydrogen (secondary N) is 1. The minimum absolute atomic E-state index is 0.299. The third kappa shape index (κ3) is 5.97. The predicted molar refractivity (Wildman–Crippen MR) is 79.7 cm³/mol. The number of benzene rings is 1. The van der Waals surface area contributed by atoms with E-state index in [2.05, 4.69) is 31.0 Å². The van der Waals surface area contributed by atoms with E-state index in [0.29, 0.717) is 18.2 Å². The highest BCUT2D eigenvalue weighted by molar-refractivity contribution is 5.18. The molecule has 4 heteroatoms. The van der Waals surface area contributed by atoms with Crippen LogP contribution in [-0.4, -0.2) is 30.6 Å². The van der Waals surface area contributed by atoms with Gasteiger partial charge in [0, 0.05) is 18.2 Å². The highest BCUT2D eigenvalue weighted by atomic mass is 19.1. The highest BCUT2D eigenvalue weighted by Crippen LogP contribution is 2.10. The molecule has 20 heavy (non-hydrogen) atoms. The van der Waals surface area contributed by atoms with E-state index in [1.807, 2.05) is 0 Å². The van der Waals surface area contributed by atoms with E-state index in [-0.39, 0.29) is 5.82 Å². The monoisotopic (exact) mass is 284 g/mol. The maximum Gasteiger partial charge on any atom is 0.127 e. The molecule has 2 nitrogen and oxygen atoms in total. The van der Waals surface area contributed by atoms with Gasteiger partial charge >= 0.3 is 0 Å². The van der Waals surface area contributed by atoms with Crippen molar-refractivity contribution in [1.29, 1.82) is 0 Å². The minimum atomic E-state index is -0.391. The smallest absolute Gasteiger partial charge is 0.127 e. The van der Waals surface area contributed by atoms with Gasteiger partial charge in [-0.05, 0) is 57.6 Å². The lowest BCUT2D eigenvalue weighted by Gasteiger charge is -2.20. The minimum Gasteiger partial charge on any atom is -0.310 e. The summed E-state index contributed by atoms with van der Waals surface area (Å²) >= 11 is 0. The topological polar surface area (TPSA) is 15.3 Å². The van der Waals surface area contributed by atoms with Crippen molar-refractivity contribution in [3.63, 3.8) is 0 Å². The van der Waals surface area contributed by atoms with Gasteiger partial charge in [-0.1, -0.05) is 13.8 Å². The van der Waals surface area contributed by atoms with Gasteiger partial charge < -0.3 is 10.2 Å². The molecule has 0 aliphatic rings. The first-order chi connectivity index (χ1) is 9.56. The van der Waals surface area contributed by atoms with Crippen LogP contribution in [0.2, 0.25) is 0 Å². The maximum absolute atomic E-state index is 13.5. The second kappa shape index (κ2) is 9.03. The van der Waals surface area contributed by atoms with Gasteiger partial charge in [0.05, 0.1) is 0 Å². The van der Waals surface area contributed by atoms with Crippen molar-refractivity contribution < 1.29 is 8.78 Å². The fourth-order valence-electron chi connectivity index (χ4n) is 2.23. The Morgan fingerprint density at radius 2 is 1.90 bits per heavy atom. The normalized spacial score (nSPS) is 12.9. The molecular formula is C16H26F2N2. The zero-order chi connectivity index (χ0) is 15.0. The van der Waals surface area contributed by atoms with Gasteiger partial charge in [-0.15, -0.1) is 0 Å². The quantitative estimate of drug-likeness (QED) is 0.746. The Morgan fingerprint density at radius 1 is 1.20 bits per heavy atom. The van der Waals surface area contributed by atoms with Crippen molar-refractivity contribution in [3.05, 3.63) is 35.4 Å². The molecule has 0 saturated carbocycles. The molecular weight excluding hydrogens is 258 g/mol. The summed E-state index contributed by atoms with van der Waals surface area (Å²) in [7, 11) is 0. The van der Waals surface area contributed by atoms with Crippen LogP contribution in [0.25, 0.3) is 0 Å². The van der Waals surface area contributed by atoms with Gasteiger partial charge in [0.25, 0.3) is 0 Å². The van der Waals surface area contributed by atoms with Gasteiger partial charge in [0.2, 0.25) is 0 Å². The Bertz CT molecular complexity index is 392. The van der Waals surface area contributed by atoms with Crippen molar-refractivity contribution in [3.8, 4) is 0 Å². The Kier molecular flexibility index (Phi) is 7.70. The summed E-state index contributed by atoms with van der Waals surface area (Å²) in [5.74, 6) is -0.744. The number of hydrogen-bond donors (Lipinski definition) is 1. The summed E-state index contributed by atoms with van der Waals surface area (Å²) in [4.78, 5) is 2.39. The van der Waals surface area contributed by atoms with E-state index in [4.69, 9.17) is 0 Å². The molecule has 1 aromatic carbocycles. The molecule has 0 fully saturated rings. The molecule has 0 aromatic heterocycles. The van der Waals surface area contributed by atoms with E-state index in [9.17, 15) is 8.78 Å². The van der Waals surface area contributed by atoms with Crippen molar-refractivity contribution in [1.82, 2.24) is 10.2 Å². The van der Waals surface area contributed by atoms with Crippen LogP contribution < -0.4 is 5.32 Å². The highest BCUT2D eigenvalue weighted by Gasteiger charge is 2.07. The molecule has 0 aliphatic carbocycles. The van der Waals surface area contributed by atoms with Crippen LogP contribution in [0.15, 0.2) is 18.2 Å². The average Bonchev–Trinajstić information content (AvgIpc) is 2.44. The first-order valence-corrected chi connectivity index (χ1v) is 7.46. The lowest BCUT2D eigenvalue weighted by atomic mass is 10.1. The third-order valence-corrected chi connectivity index (χ3v) is 3.65. The zero-order valence-electron chi connectivity index (χ0n) is 12.8. The molecule has 1 atom stereocenters. The first-order valence-electron chi connectivity index (χ1n) is 7.46. The summed E-state index contributed by atoms with van der Waals surface area (Å²) in [5.41, 5.74) is 0.389. The van der Waals surface area contributed by atoms with Crippen LogP contribution in [0, 0.1) is 11.6 Å². The third-order valence-electron chi connectivity index (χ3n) is 3.65. The van der Waals surface area contributed by atoms with Gasteiger partial charge in [-0.25, -0.2) is 8.78 Å². The molecule has 0 aliphatic heterocycles. The van der Waals surface area contributed by atoms with Crippen LogP contribution >= 0.6 is 0 Å². The van der Waals surface area contributed by atoms with Crippen molar-refractivity contribution in [2.75, 3.05) is 19.6 Å². The van der Waals surface area contributed by atoms with Crippen molar-refractivity contribution in [2.45, 2.75) is 46.2 Å². The Morgan fingerprint density at radius 3 is 2.55 bits per heavy atom. The number of hydrogen-bond acceptors (Lipinski definition) is 2. The van der Waals surface area contributed by atoms with E-state index in [0.717, 1.165) is 38.5 Å². The van der Waals surface area contributed by atoms with Crippen LogP contribution in [-0.2, 0) is 6.54 Å². The van der Waals surface area contributed by atoms with E-state index < -0.39 is 5.82 Å². The largest absolute Gasteiger partial charge is 0.310 e. The number of halogens is 2. The van der Waals surface area contributed by atoms with Crippen LogP contribution in [0.4, 0.5) is 8.78 Å². The van der Waals surface area contributed by atoms with Crippen LogP contribution in [0.1, 0.15) is 39.2 Å². The molecule has 1 N–H and O–H groups in total. The summed E-state index contributed by atoms with van der Waals surface area (Å²) in [6.45, 7) is 10.0.